The third-order valence-electron chi connectivity index (χ3n) is 2.75. The molecular weight excluding hydrogens is 244 g/mol. The van der Waals surface area contributed by atoms with E-state index in [0.717, 1.165) is 11.3 Å². The Morgan fingerprint density at radius 2 is 2.05 bits per heavy atom. The van der Waals surface area contributed by atoms with Gasteiger partial charge in [-0.3, -0.25) is 14.7 Å². The van der Waals surface area contributed by atoms with Crippen molar-refractivity contribution in [1.82, 2.24) is 14.4 Å². The van der Waals surface area contributed by atoms with Crippen molar-refractivity contribution in [3.8, 4) is 11.3 Å². The van der Waals surface area contributed by atoms with Crippen LogP contribution in [-0.2, 0) is 0 Å². The van der Waals surface area contributed by atoms with Crippen molar-refractivity contribution in [2.24, 2.45) is 0 Å². The van der Waals surface area contributed by atoms with Gasteiger partial charge in [0.05, 0.1) is 11.4 Å². The maximum atomic E-state index is 10.8. The molecule has 94 valence electrons. The molecule has 3 aromatic rings. The molecule has 0 aromatic carbocycles. The van der Waals surface area contributed by atoms with Crippen LogP contribution >= 0.6 is 0 Å². The first kappa shape index (κ1) is 11.2. The zero-order chi connectivity index (χ0) is 13.2. The molecule has 0 fully saturated rings. The van der Waals surface area contributed by atoms with Gasteiger partial charge in [0.25, 0.3) is 0 Å². The fourth-order valence-corrected chi connectivity index (χ4v) is 1.99. The minimum absolute atomic E-state index is 0.458. The van der Waals surface area contributed by atoms with E-state index in [2.05, 4.69) is 15.3 Å². The van der Waals surface area contributed by atoms with Crippen LogP contribution in [0.25, 0.3) is 16.9 Å². The lowest BCUT2D eigenvalue weighted by Gasteiger charge is -2.01. The van der Waals surface area contributed by atoms with E-state index in [1.807, 2.05) is 22.7 Å². The number of pyridine rings is 1. The van der Waals surface area contributed by atoms with E-state index >= 15 is 0 Å². The number of amides is 1. The fraction of sp³-hybridized carbons (Fsp3) is 0. The predicted molar refractivity (Wildman–Crippen MR) is 70.1 cm³/mol. The molecule has 6 heteroatoms. The molecule has 0 aliphatic carbocycles. The maximum absolute atomic E-state index is 10.8. The highest BCUT2D eigenvalue weighted by atomic mass is 16.4. The Bertz CT molecular complexity index is 737. The lowest BCUT2D eigenvalue weighted by Crippen LogP contribution is -2.07. The molecule has 19 heavy (non-hydrogen) atoms. The summed E-state index contributed by atoms with van der Waals surface area (Å²) in [5, 5.41) is 11.2. The van der Waals surface area contributed by atoms with Gasteiger partial charge in [-0.1, -0.05) is 0 Å². The van der Waals surface area contributed by atoms with Gasteiger partial charge in [-0.2, -0.15) is 0 Å². The van der Waals surface area contributed by atoms with E-state index < -0.39 is 6.09 Å². The average molecular weight is 254 g/mol. The number of fused-ring (bicyclic) bond motifs is 1. The van der Waals surface area contributed by atoms with E-state index in [1.54, 1.807) is 30.7 Å². The number of nitrogens with zero attached hydrogens (tertiary/aromatic N) is 3. The molecular formula is C13H10N4O2. The van der Waals surface area contributed by atoms with Gasteiger partial charge in [0, 0.05) is 30.4 Å². The zero-order valence-corrected chi connectivity index (χ0v) is 9.82. The van der Waals surface area contributed by atoms with Crippen LogP contribution in [0, 0.1) is 0 Å². The van der Waals surface area contributed by atoms with Crippen molar-refractivity contribution >= 4 is 17.4 Å². The molecule has 0 aliphatic heterocycles. The summed E-state index contributed by atoms with van der Waals surface area (Å²) in [5.74, 6) is 0. The normalized spacial score (nSPS) is 10.5. The second-order valence-corrected chi connectivity index (χ2v) is 3.92. The molecule has 0 saturated heterocycles. The number of rotatable bonds is 2. The summed E-state index contributed by atoms with van der Waals surface area (Å²) in [7, 11) is 0. The van der Waals surface area contributed by atoms with Crippen LogP contribution in [0.1, 0.15) is 0 Å². The van der Waals surface area contributed by atoms with Gasteiger partial charge in [-0.15, -0.1) is 0 Å². The summed E-state index contributed by atoms with van der Waals surface area (Å²) in [4.78, 5) is 19.0. The summed E-state index contributed by atoms with van der Waals surface area (Å²) in [6.07, 6.45) is 5.73. The minimum atomic E-state index is -1.11. The van der Waals surface area contributed by atoms with Crippen LogP contribution in [0.5, 0.6) is 0 Å². The smallest absolute Gasteiger partial charge is 0.409 e. The average Bonchev–Trinajstić information content (AvgIpc) is 2.78. The minimum Gasteiger partial charge on any atom is -0.465 e. The van der Waals surface area contributed by atoms with Gasteiger partial charge in [0.2, 0.25) is 0 Å². The SMILES string of the molecule is O=C(O)Nc1cc(-c2ccncc2)n2cccnc12. The molecule has 0 radical (unpaired) electrons. The molecule has 0 spiro atoms. The van der Waals surface area contributed by atoms with Crippen molar-refractivity contribution in [1.29, 1.82) is 0 Å². The molecule has 6 nitrogen and oxygen atoms in total. The molecule has 0 aliphatic rings. The van der Waals surface area contributed by atoms with E-state index in [4.69, 9.17) is 5.11 Å². The van der Waals surface area contributed by atoms with Gasteiger partial charge in [0.15, 0.2) is 5.65 Å². The quantitative estimate of drug-likeness (QED) is 0.736. The van der Waals surface area contributed by atoms with Crippen molar-refractivity contribution in [3.05, 3.63) is 49.1 Å². The first-order valence-corrected chi connectivity index (χ1v) is 5.62. The van der Waals surface area contributed by atoms with Gasteiger partial charge in [-0.25, -0.2) is 9.78 Å². The van der Waals surface area contributed by atoms with Crippen LogP contribution in [0.3, 0.4) is 0 Å². The van der Waals surface area contributed by atoms with Crippen LogP contribution in [0.15, 0.2) is 49.1 Å². The molecule has 0 saturated carbocycles. The number of carboxylic acid groups (broad SMARTS) is 1. The fourth-order valence-electron chi connectivity index (χ4n) is 1.99. The summed E-state index contributed by atoms with van der Waals surface area (Å²) in [6.45, 7) is 0. The van der Waals surface area contributed by atoms with Crippen molar-refractivity contribution in [2.45, 2.75) is 0 Å². The number of anilines is 1. The number of nitrogens with one attached hydrogen (secondary N) is 1. The van der Waals surface area contributed by atoms with Crippen molar-refractivity contribution < 1.29 is 9.90 Å². The topological polar surface area (TPSA) is 79.5 Å². The Labute approximate surface area is 108 Å². The highest BCUT2D eigenvalue weighted by Crippen LogP contribution is 2.27. The molecule has 3 rings (SSSR count). The first-order valence-electron chi connectivity index (χ1n) is 5.62. The highest BCUT2D eigenvalue weighted by Gasteiger charge is 2.12. The monoisotopic (exact) mass is 254 g/mol. The summed E-state index contributed by atoms with van der Waals surface area (Å²) in [6, 6.07) is 7.27. The van der Waals surface area contributed by atoms with Crippen molar-refractivity contribution in [3.63, 3.8) is 0 Å². The molecule has 0 bridgehead atoms. The van der Waals surface area contributed by atoms with Gasteiger partial charge < -0.3 is 5.11 Å². The Hall–Kier alpha value is -2.89. The van der Waals surface area contributed by atoms with Crippen LogP contribution in [0.4, 0.5) is 10.5 Å². The third-order valence-corrected chi connectivity index (χ3v) is 2.75. The number of aromatic nitrogens is 3. The maximum Gasteiger partial charge on any atom is 0.409 e. The standard InChI is InChI=1S/C13H10N4O2/c18-13(19)16-10-8-11(9-2-5-14-6-3-9)17-7-1-4-15-12(10)17/h1-8,16H,(H,18,19). The Morgan fingerprint density at radius 3 is 2.79 bits per heavy atom. The Morgan fingerprint density at radius 1 is 1.26 bits per heavy atom. The van der Waals surface area contributed by atoms with Crippen LogP contribution in [0.2, 0.25) is 0 Å². The third kappa shape index (κ3) is 1.99. The lowest BCUT2D eigenvalue weighted by molar-refractivity contribution is 0.210. The Balaban J connectivity index is 2.23. The highest BCUT2D eigenvalue weighted by molar-refractivity contribution is 5.91. The summed E-state index contributed by atoms with van der Waals surface area (Å²) in [5.41, 5.74) is 2.82. The lowest BCUT2D eigenvalue weighted by atomic mass is 10.2. The van der Waals surface area contributed by atoms with E-state index in [1.165, 1.54) is 0 Å². The van der Waals surface area contributed by atoms with Gasteiger partial charge in [-0.05, 0) is 24.3 Å². The van der Waals surface area contributed by atoms with E-state index in [-0.39, 0.29) is 0 Å². The number of hydrogen-bond acceptors (Lipinski definition) is 3. The first-order chi connectivity index (χ1) is 9.25. The Kier molecular flexibility index (Phi) is 2.60. The second kappa shape index (κ2) is 4.41. The van der Waals surface area contributed by atoms with Crippen molar-refractivity contribution in [2.75, 3.05) is 5.32 Å². The number of carbonyl (C=O) groups is 1. The zero-order valence-electron chi connectivity index (χ0n) is 9.82. The molecule has 0 unspecified atom stereocenters. The summed E-state index contributed by atoms with van der Waals surface area (Å²) >= 11 is 0. The van der Waals surface area contributed by atoms with Gasteiger partial charge in [0.1, 0.15) is 0 Å². The summed E-state index contributed by atoms with van der Waals surface area (Å²) < 4.78 is 1.83. The van der Waals surface area contributed by atoms with Crippen LogP contribution in [-0.4, -0.2) is 25.6 Å². The molecule has 3 heterocycles. The molecule has 0 atom stereocenters. The van der Waals surface area contributed by atoms with Gasteiger partial charge >= 0.3 is 6.09 Å². The largest absolute Gasteiger partial charge is 0.465 e. The van der Waals surface area contributed by atoms with Crippen LogP contribution < -0.4 is 5.32 Å². The molecule has 3 aromatic heterocycles. The molecule has 2 N–H and O–H groups in total. The number of hydrogen-bond donors (Lipinski definition) is 2. The second-order valence-electron chi connectivity index (χ2n) is 3.92. The van der Waals surface area contributed by atoms with E-state index in [0.29, 0.717) is 11.3 Å². The predicted octanol–water partition coefficient (Wildman–Crippen LogP) is 2.49. The van der Waals surface area contributed by atoms with E-state index in [9.17, 15) is 4.79 Å². The molecule has 1 amide bonds.